The van der Waals surface area contributed by atoms with E-state index in [1.807, 2.05) is 0 Å². The standard InChI is InChI=1S/C11H21NO/c1-3-4-5-6-7-11(8-9-12)10(2)13/h10-11,13H,3-8H2,1-2H3. The van der Waals surface area contributed by atoms with Crippen molar-refractivity contribution in [2.24, 2.45) is 5.92 Å². The lowest BCUT2D eigenvalue weighted by atomic mass is 9.93. The first kappa shape index (κ1) is 12.4. The number of aliphatic hydroxyl groups excluding tert-OH is 1. The average molecular weight is 183 g/mol. The Morgan fingerprint density at radius 3 is 2.46 bits per heavy atom. The monoisotopic (exact) mass is 183 g/mol. The van der Waals surface area contributed by atoms with Gasteiger partial charge in [-0.25, -0.2) is 0 Å². The quantitative estimate of drug-likeness (QED) is 0.617. The summed E-state index contributed by atoms with van der Waals surface area (Å²) in [5.41, 5.74) is 0. The van der Waals surface area contributed by atoms with Crippen molar-refractivity contribution in [3.05, 3.63) is 0 Å². The maximum atomic E-state index is 9.35. The van der Waals surface area contributed by atoms with Crippen LogP contribution < -0.4 is 0 Å². The normalized spacial score (nSPS) is 14.9. The molecule has 0 aliphatic rings. The first-order valence-corrected chi connectivity index (χ1v) is 5.27. The van der Waals surface area contributed by atoms with Crippen LogP contribution in [0.3, 0.4) is 0 Å². The molecule has 2 atom stereocenters. The molecular weight excluding hydrogens is 162 g/mol. The van der Waals surface area contributed by atoms with Gasteiger partial charge in [0.25, 0.3) is 0 Å². The van der Waals surface area contributed by atoms with Gasteiger partial charge in [0, 0.05) is 6.42 Å². The number of hydrogen-bond donors (Lipinski definition) is 1. The van der Waals surface area contributed by atoms with E-state index in [1.54, 1.807) is 6.92 Å². The second-order valence-electron chi connectivity index (χ2n) is 3.71. The number of unbranched alkanes of at least 4 members (excludes halogenated alkanes) is 3. The molecule has 0 aromatic rings. The Bertz CT molecular complexity index is 149. The Balaban J connectivity index is 3.52. The topological polar surface area (TPSA) is 44.0 Å². The van der Waals surface area contributed by atoms with E-state index >= 15 is 0 Å². The molecule has 0 aromatic heterocycles. The predicted octanol–water partition coefficient (Wildman–Crippen LogP) is 2.87. The van der Waals surface area contributed by atoms with Gasteiger partial charge < -0.3 is 5.11 Å². The van der Waals surface area contributed by atoms with E-state index in [4.69, 9.17) is 5.26 Å². The van der Waals surface area contributed by atoms with E-state index in [0.29, 0.717) is 6.42 Å². The summed E-state index contributed by atoms with van der Waals surface area (Å²) >= 11 is 0. The van der Waals surface area contributed by atoms with Crippen LogP contribution >= 0.6 is 0 Å². The van der Waals surface area contributed by atoms with Gasteiger partial charge >= 0.3 is 0 Å². The van der Waals surface area contributed by atoms with Crippen molar-refractivity contribution >= 4 is 0 Å². The number of aliphatic hydroxyl groups is 1. The Kier molecular flexibility index (Phi) is 7.73. The zero-order valence-corrected chi connectivity index (χ0v) is 8.79. The molecular formula is C11H21NO. The fourth-order valence-corrected chi connectivity index (χ4v) is 1.46. The van der Waals surface area contributed by atoms with Crippen LogP contribution in [-0.2, 0) is 0 Å². The highest BCUT2D eigenvalue weighted by atomic mass is 16.3. The molecule has 0 radical (unpaired) electrons. The molecule has 2 unspecified atom stereocenters. The lowest BCUT2D eigenvalue weighted by Gasteiger charge is -2.16. The van der Waals surface area contributed by atoms with E-state index < -0.39 is 0 Å². The minimum Gasteiger partial charge on any atom is -0.393 e. The van der Waals surface area contributed by atoms with E-state index in [-0.39, 0.29) is 12.0 Å². The van der Waals surface area contributed by atoms with Crippen LogP contribution in [0.25, 0.3) is 0 Å². The number of nitrogens with zero attached hydrogens (tertiary/aromatic N) is 1. The first-order valence-electron chi connectivity index (χ1n) is 5.27. The smallest absolute Gasteiger partial charge is 0.0625 e. The molecule has 0 aliphatic heterocycles. The van der Waals surface area contributed by atoms with Crippen LogP contribution in [0.4, 0.5) is 0 Å². The van der Waals surface area contributed by atoms with Gasteiger partial charge in [-0.2, -0.15) is 5.26 Å². The molecule has 0 fully saturated rings. The molecule has 2 heteroatoms. The molecule has 0 aromatic carbocycles. The third-order valence-electron chi connectivity index (χ3n) is 2.46. The van der Waals surface area contributed by atoms with Crippen LogP contribution in [0.1, 0.15) is 52.4 Å². The second-order valence-corrected chi connectivity index (χ2v) is 3.71. The Hall–Kier alpha value is -0.550. The number of nitriles is 1. The SMILES string of the molecule is CCCCCCC(CC#N)C(C)O. The van der Waals surface area contributed by atoms with Crippen molar-refractivity contribution in [3.63, 3.8) is 0 Å². The van der Waals surface area contributed by atoms with Crippen LogP contribution in [0.2, 0.25) is 0 Å². The molecule has 0 bridgehead atoms. The van der Waals surface area contributed by atoms with Crippen molar-refractivity contribution in [3.8, 4) is 6.07 Å². The maximum Gasteiger partial charge on any atom is 0.0625 e. The molecule has 1 N–H and O–H groups in total. The van der Waals surface area contributed by atoms with Gasteiger partial charge in [0.2, 0.25) is 0 Å². The van der Waals surface area contributed by atoms with Crippen LogP contribution in [0.5, 0.6) is 0 Å². The van der Waals surface area contributed by atoms with E-state index in [1.165, 1.54) is 19.3 Å². The molecule has 0 amide bonds. The van der Waals surface area contributed by atoms with Gasteiger partial charge in [0.05, 0.1) is 12.2 Å². The Morgan fingerprint density at radius 1 is 1.31 bits per heavy atom. The summed E-state index contributed by atoms with van der Waals surface area (Å²) in [6.07, 6.45) is 6.02. The minimum atomic E-state index is -0.332. The van der Waals surface area contributed by atoms with Crippen molar-refractivity contribution in [1.29, 1.82) is 5.26 Å². The fraction of sp³-hybridized carbons (Fsp3) is 0.909. The van der Waals surface area contributed by atoms with Gasteiger partial charge in [-0.15, -0.1) is 0 Å². The van der Waals surface area contributed by atoms with Gasteiger partial charge in [0.1, 0.15) is 0 Å². The zero-order valence-electron chi connectivity index (χ0n) is 8.79. The van der Waals surface area contributed by atoms with Crippen LogP contribution in [0.15, 0.2) is 0 Å². The molecule has 0 rings (SSSR count). The van der Waals surface area contributed by atoms with Crippen molar-refractivity contribution in [1.82, 2.24) is 0 Å². The van der Waals surface area contributed by atoms with Gasteiger partial charge in [-0.05, 0) is 19.3 Å². The summed E-state index contributed by atoms with van der Waals surface area (Å²) in [4.78, 5) is 0. The zero-order chi connectivity index (χ0) is 10.1. The summed E-state index contributed by atoms with van der Waals surface area (Å²) in [6, 6.07) is 2.13. The molecule has 13 heavy (non-hydrogen) atoms. The number of hydrogen-bond acceptors (Lipinski definition) is 2. The molecule has 0 aliphatic carbocycles. The maximum absolute atomic E-state index is 9.35. The Labute approximate surface area is 81.6 Å². The van der Waals surface area contributed by atoms with E-state index in [0.717, 1.165) is 12.8 Å². The summed E-state index contributed by atoms with van der Waals surface area (Å²) in [5, 5.41) is 17.9. The molecule has 0 saturated heterocycles. The third kappa shape index (κ3) is 6.60. The Morgan fingerprint density at radius 2 is 2.00 bits per heavy atom. The highest BCUT2D eigenvalue weighted by Gasteiger charge is 2.13. The fourth-order valence-electron chi connectivity index (χ4n) is 1.46. The average Bonchev–Trinajstić information content (AvgIpc) is 2.10. The minimum absolute atomic E-state index is 0.182. The van der Waals surface area contributed by atoms with Crippen LogP contribution in [-0.4, -0.2) is 11.2 Å². The van der Waals surface area contributed by atoms with Gasteiger partial charge in [-0.3, -0.25) is 0 Å². The summed E-state index contributed by atoms with van der Waals surface area (Å²) in [7, 11) is 0. The van der Waals surface area contributed by atoms with Crippen molar-refractivity contribution in [2.45, 2.75) is 58.5 Å². The lowest BCUT2D eigenvalue weighted by molar-refractivity contribution is 0.120. The summed E-state index contributed by atoms with van der Waals surface area (Å²) in [6.45, 7) is 3.96. The molecule has 2 nitrogen and oxygen atoms in total. The van der Waals surface area contributed by atoms with Gasteiger partial charge in [0.15, 0.2) is 0 Å². The highest BCUT2D eigenvalue weighted by molar-refractivity contribution is 4.78. The molecule has 0 heterocycles. The molecule has 0 spiro atoms. The van der Waals surface area contributed by atoms with Crippen LogP contribution in [0, 0.1) is 17.2 Å². The first-order chi connectivity index (χ1) is 6.22. The van der Waals surface area contributed by atoms with Gasteiger partial charge in [-0.1, -0.05) is 32.6 Å². The largest absolute Gasteiger partial charge is 0.393 e. The summed E-state index contributed by atoms with van der Waals surface area (Å²) < 4.78 is 0. The summed E-state index contributed by atoms with van der Waals surface area (Å²) in [5.74, 6) is 0.182. The predicted molar refractivity (Wildman–Crippen MR) is 54.2 cm³/mol. The molecule has 76 valence electrons. The van der Waals surface area contributed by atoms with E-state index in [2.05, 4.69) is 13.0 Å². The highest BCUT2D eigenvalue weighted by Crippen LogP contribution is 2.17. The third-order valence-corrected chi connectivity index (χ3v) is 2.46. The second kappa shape index (κ2) is 8.07. The van der Waals surface area contributed by atoms with Crippen molar-refractivity contribution in [2.75, 3.05) is 0 Å². The number of rotatable bonds is 7. The van der Waals surface area contributed by atoms with E-state index in [9.17, 15) is 5.11 Å². The molecule has 0 saturated carbocycles. The van der Waals surface area contributed by atoms with Crippen molar-refractivity contribution < 1.29 is 5.11 Å². The lowest BCUT2D eigenvalue weighted by Crippen LogP contribution is -2.16.